The number of likely N-dealkylation sites (N-methyl/N-ethyl adjacent to an activating group) is 1. The number of hydrogen-bond donors (Lipinski definition) is 2. The molecule has 150 valence electrons. The third-order valence-corrected chi connectivity index (χ3v) is 4.82. The summed E-state index contributed by atoms with van der Waals surface area (Å²) in [7, 11) is 3.17. The highest BCUT2D eigenvalue weighted by Crippen LogP contribution is 2.19. The monoisotopic (exact) mass is 388 g/mol. The Hall–Kier alpha value is -3.00. The summed E-state index contributed by atoms with van der Waals surface area (Å²) in [5, 5.41) is 2.43. The lowest BCUT2D eigenvalue weighted by Crippen LogP contribution is -3.13. The lowest BCUT2D eigenvalue weighted by molar-refractivity contribution is -0.915. The van der Waals surface area contributed by atoms with Gasteiger partial charge >= 0.3 is 0 Å². The second-order valence-corrected chi connectivity index (χ2v) is 6.65. The van der Waals surface area contributed by atoms with Crippen LogP contribution in [0.25, 0.3) is 0 Å². The molecule has 1 aromatic carbocycles. The molecule has 28 heavy (non-hydrogen) atoms. The van der Waals surface area contributed by atoms with Gasteiger partial charge in [-0.25, -0.2) is 0 Å². The van der Waals surface area contributed by atoms with Crippen molar-refractivity contribution in [3.05, 3.63) is 52.6 Å². The number of quaternary nitrogens is 1. The third-order valence-electron chi connectivity index (χ3n) is 4.82. The minimum absolute atomic E-state index is 0.0478. The minimum atomic E-state index is -0.303. The number of rotatable bonds is 7. The van der Waals surface area contributed by atoms with Gasteiger partial charge in [0.25, 0.3) is 5.91 Å². The van der Waals surface area contributed by atoms with Gasteiger partial charge in [-0.2, -0.15) is 0 Å². The summed E-state index contributed by atoms with van der Waals surface area (Å²) in [4.78, 5) is 27.0. The molecule has 8 heteroatoms. The SMILES string of the molecule is CNC(=O)COc1coc(C[NH+]2CCN(c3ccc(OC)cc3)CC2)cc1=O. The molecule has 2 aromatic rings. The first-order valence-corrected chi connectivity index (χ1v) is 9.26. The zero-order chi connectivity index (χ0) is 19.9. The van der Waals surface area contributed by atoms with Crippen molar-refractivity contribution in [1.82, 2.24) is 5.32 Å². The fourth-order valence-corrected chi connectivity index (χ4v) is 3.15. The molecular formula is C20H26N3O5+. The van der Waals surface area contributed by atoms with Crippen molar-refractivity contribution in [2.75, 3.05) is 51.8 Å². The minimum Gasteiger partial charge on any atom is -0.497 e. The average Bonchev–Trinajstić information content (AvgIpc) is 2.73. The molecule has 1 aliphatic rings. The fourth-order valence-electron chi connectivity index (χ4n) is 3.15. The summed E-state index contributed by atoms with van der Waals surface area (Å²) in [5.74, 6) is 1.21. The van der Waals surface area contributed by atoms with Crippen molar-refractivity contribution in [2.24, 2.45) is 0 Å². The van der Waals surface area contributed by atoms with Crippen molar-refractivity contribution >= 4 is 11.6 Å². The summed E-state index contributed by atoms with van der Waals surface area (Å²) in [6.07, 6.45) is 1.29. The summed E-state index contributed by atoms with van der Waals surface area (Å²) in [6.45, 7) is 4.19. The maximum absolute atomic E-state index is 12.1. The molecule has 2 N–H and O–H groups in total. The molecule has 3 rings (SSSR count). The van der Waals surface area contributed by atoms with E-state index in [1.54, 1.807) is 7.11 Å². The van der Waals surface area contributed by atoms with Crippen molar-refractivity contribution in [3.8, 4) is 11.5 Å². The zero-order valence-electron chi connectivity index (χ0n) is 16.2. The maximum atomic E-state index is 12.1. The Morgan fingerprint density at radius 2 is 1.96 bits per heavy atom. The number of piperazine rings is 1. The first kappa shape index (κ1) is 19.8. The number of nitrogens with one attached hydrogen (secondary N) is 2. The van der Waals surface area contributed by atoms with Gasteiger partial charge in [-0.15, -0.1) is 0 Å². The topological polar surface area (TPSA) is 85.4 Å². The summed E-state index contributed by atoms with van der Waals surface area (Å²) < 4.78 is 15.9. The highest BCUT2D eigenvalue weighted by molar-refractivity contribution is 5.77. The van der Waals surface area contributed by atoms with Crippen molar-refractivity contribution in [3.63, 3.8) is 0 Å². The summed E-state index contributed by atoms with van der Waals surface area (Å²) in [5.41, 5.74) is 0.908. The summed E-state index contributed by atoms with van der Waals surface area (Å²) >= 11 is 0. The molecule has 8 nitrogen and oxygen atoms in total. The number of ether oxygens (including phenoxy) is 2. The highest BCUT2D eigenvalue weighted by atomic mass is 16.5. The Morgan fingerprint density at radius 3 is 2.57 bits per heavy atom. The number of nitrogens with zero attached hydrogens (tertiary/aromatic N) is 1. The number of hydrogen-bond acceptors (Lipinski definition) is 6. The number of benzene rings is 1. The summed E-state index contributed by atoms with van der Waals surface area (Å²) in [6, 6.07) is 9.52. The molecule has 0 aliphatic carbocycles. The van der Waals surface area contributed by atoms with Crippen LogP contribution in [0.1, 0.15) is 5.76 Å². The van der Waals surface area contributed by atoms with Gasteiger partial charge in [0.05, 0.1) is 33.3 Å². The van der Waals surface area contributed by atoms with Crippen LogP contribution in [-0.2, 0) is 11.3 Å². The highest BCUT2D eigenvalue weighted by Gasteiger charge is 2.21. The van der Waals surface area contributed by atoms with Gasteiger partial charge in [0.2, 0.25) is 11.2 Å². The largest absolute Gasteiger partial charge is 0.497 e. The molecule has 2 heterocycles. The Kier molecular flexibility index (Phi) is 6.54. The van der Waals surface area contributed by atoms with Gasteiger partial charge in [0, 0.05) is 18.8 Å². The van der Waals surface area contributed by atoms with Crippen LogP contribution in [0.5, 0.6) is 11.5 Å². The van der Waals surface area contributed by atoms with Gasteiger partial charge in [-0.05, 0) is 24.3 Å². The van der Waals surface area contributed by atoms with Crippen LogP contribution in [0.4, 0.5) is 5.69 Å². The molecule has 0 unspecified atom stereocenters. The van der Waals surface area contributed by atoms with Gasteiger partial charge < -0.3 is 29.0 Å². The molecular weight excluding hydrogens is 362 g/mol. The quantitative estimate of drug-likeness (QED) is 0.676. The van der Waals surface area contributed by atoms with Crippen LogP contribution >= 0.6 is 0 Å². The van der Waals surface area contributed by atoms with E-state index in [0.29, 0.717) is 12.3 Å². The van der Waals surface area contributed by atoms with E-state index in [1.165, 1.54) is 30.0 Å². The first-order valence-electron chi connectivity index (χ1n) is 9.26. The molecule has 1 fully saturated rings. The van der Waals surface area contributed by atoms with Gasteiger partial charge in [-0.3, -0.25) is 9.59 Å². The normalized spacial score (nSPS) is 14.6. The van der Waals surface area contributed by atoms with Crippen LogP contribution in [-0.4, -0.2) is 52.9 Å². The van der Waals surface area contributed by atoms with E-state index in [4.69, 9.17) is 13.9 Å². The van der Waals surface area contributed by atoms with Crippen molar-refractivity contribution in [1.29, 1.82) is 0 Å². The number of methoxy groups -OCH3 is 1. The zero-order valence-corrected chi connectivity index (χ0v) is 16.2. The smallest absolute Gasteiger partial charge is 0.257 e. The van der Waals surface area contributed by atoms with Crippen LogP contribution < -0.4 is 30.0 Å². The van der Waals surface area contributed by atoms with E-state index < -0.39 is 0 Å². The molecule has 0 saturated carbocycles. The second kappa shape index (κ2) is 9.27. The van der Waals surface area contributed by atoms with Gasteiger partial charge in [-0.1, -0.05) is 0 Å². The predicted octanol–water partition coefficient (Wildman–Crippen LogP) is -0.322. The van der Waals surface area contributed by atoms with Gasteiger partial charge in [0.15, 0.2) is 12.4 Å². The molecule has 1 saturated heterocycles. The maximum Gasteiger partial charge on any atom is 0.257 e. The van der Waals surface area contributed by atoms with Crippen molar-refractivity contribution in [2.45, 2.75) is 6.54 Å². The number of amides is 1. The lowest BCUT2D eigenvalue weighted by Gasteiger charge is -2.33. The molecule has 0 atom stereocenters. The molecule has 1 aromatic heterocycles. The van der Waals surface area contributed by atoms with Crippen LogP contribution in [0, 0.1) is 0 Å². The molecule has 0 bridgehead atoms. The van der Waals surface area contributed by atoms with Crippen LogP contribution in [0.3, 0.4) is 0 Å². The van der Waals surface area contributed by atoms with E-state index in [0.717, 1.165) is 31.9 Å². The van der Waals surface area contributed by atoms with E-state index in [-0.39, 0.29) is 23.7 Å². The first-order chi connectivity index (χ1) is 13.6. The second-order valence-electron chi connectivity index (χ2n) is 6.65. The van der Waals surface area contributed by atoms with E-state index >= 15 is 0 Å². The van der Waals surface area contributed by atoms with Gasteiger partial charge in [0.1, 0.15) is 18.6 Å². The molecule has 0 spiro atoms. The average molecular weight is 388 g/mol. The number of carbonyl (C=O) groups is 1. The molecule has 1 aliphatic heterocycles. The molecule has 1 amide bonds. The fraction of sp³-hybridized carbons (Fsp3) is 0.400. The van der Waals surface area contributed by atoms with E-state index in [9.17, 15) is 9.59 Å². The van der Waals surface area contributed by atoms with E-state index in [1.807, 2.05) is 12.1 Å². The number of carbonyl (C=O) groups excluding carboxylic acids is 1. The van der Waals surface area contributed by atoms with Crippen LogP contribution in [0.2, 0.25) is 0 Å². The number of anilines is 1. The molecule has 0 radical (unpaired) electrons. The van der Waals surface area contributed by atoms with E-state index in [2.05, 4.69) is 22.3 Å². The standard InChI is InChI=1S/C20H25N3O5/c1-21-20(25)14-28-19-13-27-17(11-18(19)24)12-22-7-9-23(10-8-22)15-3-5-16(26-2)6-4-15/h3-6,11,13H,7-10,12,14H2,1-2H3,(H,21,25)/p+1. The lowest BCUT2D eigenvalue weighted by atomic mass is 10.2. The Bertz CT molecular complexity index is 842. The third kappa shape index (κ3) is 5.04. The Labute approximate surface area is 163 Å². The Balaban J connectivity index is 1.52. The van der Waals surface area contributed by atoms with Crippen LogP contribution in [0.15, 0.2) is 45.8 Å². The Morgan fingerprint density at radius 1 is 1.25 bits per heavy atom. The predicted molar refractivity (Wildman–Crippen MR) is 104 cm³/mol. The van der Waals surface area contributed by atoms with Crippen molar-refractivity contribution < 1.29 is 23.6 Å².